The molecule has 1 aromatic rings. The highest BCUT2D eigenvalue weighted by atomic mass is 16.2. The maximum absolute atomic E-state index is 11.8. The molecule has 0 aliphatic heterocycles. The number of hydrogen-bond donors (Lipinski definition) is 0. The molecule has 4 nitrogen and oxygen atoms in total. The standard InChI is InChI=1S/C11H4N2O2/c12-5-11(6-13)9(14)7-1-2-8(4-3-7)10(11)15/h1-4H. The van der Waals surface area contributed by atoms with E-state index in [-0.39, 0.29) is 11.1 Å². The number of nitrogens with zero attached hydrogens (tertiary/aromatic N) is 2. The van der Waals surface area contributed by atoms with Crippen LogP contribution in [0.4, 0.5) is 0 Å². The van der Waals surface area contributed by atoms with Crippen LogP contribution >= 0.6 is 0 Å². The lowest BCUT2D eigenvalue weighted by Gasteiger charge is -2.11. The van der Waals surface area contributed by atoms with Crippen LogP contribution in [0.15, 0.2) is 24.3 Å². The summed E-state index contributed by atoms with van der Waals surface area (Å²) >= 11 is 0. The normalized spacial score (nSPS) is 16.7. The fraction of sp³-hybridized carbons (Fsp3) is 0.0909. The van der Waals surface area contributed by atoms with E-state index in [1.807, 2.05) is 0 Å². The molecule has 0 heterocycles. The van der Waals surface area contributed by atoms with Crippen molar-refractivity contribution in [1.29, 1.82) is 10.5 Å². The summed E-state index contributed by atoms with van der Waals surface area (Å²) in [4.78, 5) is 23.6. The Kier molecular flexibility index (Phi) is 1.68. The number of hydrogen-bond acceptors (Lipinski definition) is 4. The maximum Gasteiger partial charge on any atom is 0.267 e. The van der Waals surface area contributed by atoms with Crippen LogP contribution in [0.2, 0.25) is 0 Å². The molecule has 15 heavy (non-hydrogen) atoms. The first-order chi connectivity index (χ1) is 7.15. The average Bonchev–Trinajstić information content (AvgIpc) is 2.45. The highest BCUT2D eigenvalue weighted by molar-refractivity contribution is 6.25. The summed E-state index contributed by atoms with van der Waals surface area (Å²) in [5, 5.41) is 17.7. The van der Waals surface area contributed by atoms with Crippen molar-refractivity contribution < 1.29 is 9.59 Å². The fourth-order valence-corrected chi connectivity index (χ4v) is 1.54. The highest BCUT2D eigenvalue weighted by Gasteiger charge is 2.49. The molecular formula is C11H4N2O2. The summed E-state index contributed by atoms with van der Waals surface area (Å²) in [6.45, 7) is 0. The minimum atomic E-state index is -2.20. The number of Topliss-reactive ketones (excluding diaryl/α,β-unsaturated/α-hetero) is 2. The van der Waals surface area contributed by atoms with Gasteiger partial charge in [0.25, 0.3) is 5.41 Å². The molecule has 0 fully saturated rings. The Morgan fingerprint density at radius 1 is 0.867 bits per heavy atom. The molecule has 4 heteroatoms. The van der Waals surface area contributed by atoms with Gasteiger partial charge < -0.3 is 0 Å². The van der Waals surface area contributed by atoms with Crippen LogP contribution in [0, 0.1) is 28.1 Å². The third-order valence-electron chi connectivity index (χ3n) is 2.43. The predicted molar refractivity (Wildman–Crippen MR) is 48.8 cm³/mol. The van der Waals surface area contributed by atoms with Crippen molar-refractivity contribution in [2.45, 2.75) is 0 Å². The zero-order chi connectivity index (χ0) is 11.1. The number of ketones is 2. The average molecular weight is 196 g/mol. The molecule has 0 atom stereocenters. The van der Waals surface area contributed by atoms with Crippen molar-refractivity contribution in [3.63, 3.8) is 0 Å². The van der Waals surface area contributed by atoms with Crippen molar-refractivity contribution in [3.05, 3.63) is 35.4 Å². The molecule has 0 unspecified atom stereocenters. The summed E-state index contributed by atoms with van der Waals surface area (Å²) in [5.74, 6) is -1.48. The van der Waals surface area contributed by atoms with Gasteiger partial charge in [0, 0.05) is 11.1 Å². The SMILES string of the molecule is N#CC1(C#N)C(=O)c2ccc(cc2)C1=O. The molecule has 0 spiro atoms. The van der Waals surface area contributed by atoms with Gasteiger partial charge in [-0.1, -0.05) is 24.3 Å². The molecule has 0 aromatic heterocycles. The van der Waals surface area contributed by atoms with Gasteiger partial charge >= 0.3 is 0 Å². The monoisotopic (exact) mass is 196 g/mol. The fourth-order valence-electron chi connectivity index (χ4n) is 1.54. The first kappa shape index (κ1) is 9.11. The van der Waals surface area contributed by atoms with Gasteiger partial charge in [0.1, 0.15) is 12.1 Å². The van der Waals surface area contributed by atoms with Gasteiger partial charge in [0.2, 0.25) is 11.6 Å². The second kappa shape index (κ2) is 2.76. The molecule has 2 aliphatic carbocycles. The van der Waals surface area contributed by atoms with Crippen molar-refractivity contribution in [3.8, 4) is 12.1 Å². The number of rotatable bonds is 0. The lowest BCUT2D eigenvalue weighted by Crippen LogP contribution is -2.35. The Balaban J connectivity index is 2.81. The first-order valence-corrected chi connectivity index (χ1v) is 4.18. The molecule has 0 radical (unpaired) electrons. The molecular weight excluding hydrogens is 192 g/mol. The second-order valence-electron chi connectivity index (χ2n) is 3.21. The maximum atomic E-state index is 11.8. The Labute approximate surface area is 85.4 Å². The zero-order valence-corrected chi connectivity index (χ0v) is 7.52. The van der Waals surface area contributed by atoms with Crippen molar-refractivity contribution >= 4 is 11.6 Å². The molecule has 1 aromatic carbocycles. The molecule has 70 valence electrons. The van der Waals surface area contributed by atoms with Crippen molar-refractivity contribution in [1.82, 2.24) is 0 Å². The van der Waals surface area contributed by atoms with E-state index in [9.17, 15) is 9.59 Å². The first-order valence-electron chi connectivity index (χ1n) is 4.18. The third kappa shape index (κ3) is 0.934. The number of carbonyl (C=O) groups excluding carboxylic acids is 2. The van der Waals surface area contributed by atoms with Crippen molar-refractivity contribution in [2.24, 2.45) is 5.41 Å². The van der Waals surface area contributed by atoms with E-state index < -0.39 is 17.0 Å². The quantitative estimate of drug-likeness (QED) is 0.581. The Hall–Kier alpha value is -2.46. The van der Waals surface area contributed by atoms with Crippen LogP contribution in [0.1, 0.15) is 20.7 Å². The van der Waals surface area contributed by atoms with Gasteiger partial charge in [0.15, 0.2) is 0 Å². The molecule has 2 aliphatic rings. The van der Waals surface area contributed by atoms with Gasteiger partial charge in [-0.2, -0.15) is 10.5 Å². The number of carbonyl (C=O) groups is 2. The Bertz CT molecular complexity index is 492. The van der Waals surface area contributed by atoms with Gasteiger partial charge in [-0.25, -0.2) is 0 Å². The molecule has 3 rings (SSSR count). The number of benzene rings is 1. The molecule has 0 saturated carbocycles. The summed E-state index contributed by atoms with van der Waals surface area (Å²) in [7, 11) is 0. The van der Waals surface area contributed by atoms with E-state index in [0.717, 1.165) is 0 Å². The molecule has 0 amide bonds. The second-order valence-corrected chi connectivity index (χ2v) is 3.21. The Morgan fingerprint density at radius 2 is 1.20 bits per heavy atom. The van der Waals surface area contributed by atoms with E-state index in [2.05, 4.69) is 0 Å². The van der Waals surface area contributed by atoms with Crippen LogP contribution < -0.4 is 0 Å². The van der Waals surface area contributed by atoms with E-state index in [0.29, 0.717) is 0 Å². The molecule has 0 N–H and O–H groups in total. The largest absolute Gasteiger partial charge is 0.291 e. The van der Waals surface area contributed by atoms with Gasteiger partial charge in [-0.15, -0.1) is 0 Å². The zero-order valence-electron chi connectivity index (χ0n) is 7.52. The van der Waals surface area contributed by atoms with E-state index in [1.54, 1.807) is 0 Å². The smallest absolute Gasteiger partial charge is 0.267 e. The molecule has 2 bridgehead atoms. The molecule has 0 saturated heterocycles. The lowest BCUT2D eigenvalue weighted by atomic mass is 9.80. The van der Waals surface area contributed by atoms with Gasteiger partial charge in [0.05, 0.1) is 0 Å². The van der Waals surface area contributed by atoms with Crippen molar-refractivity contribution in [2.75, 3.05) is 0 Å². The van der Waals surface area contributed by atoms with E-state index >= 15 is 0 Å². The predicted octanol–water partition coefficient (Wildman–Crippen LogP) is 1.10. The summed E-state index contributed by atoms with van der Waals surface area (Å²) in [5.41, 5.74) is -1.77. The minimum Gasteiger partial charge on any atom is -0.291 e. The van der Waals surface area contributed by atoms with Crippen LogP contribution in [-0.4, -0.2) is 11.6 Å². The van der Waals surface area contributed by atoms with Crippen LogP contribution in [-0.2, 0) is 0 Å². The Morgan fingerprint density at radius 3 is 1.47 bits per heavy atom. The minimum absolute atomic E-state index is 0.215. The van der Waals surface area contributed by atoms with Crippen LogP contribution in [0.25, 0.3) is 0 Å². The third-order valence-corrected chi connectivity index (χ3v) is 2.43. The number of nitriles is 2. The van der Waals surface area contributed by atoms with E-state index in [4.69, 9.17) is 10.5 Å². The van der Waals surface area contributed by atoms with Crippen LogP contribution in [0.5, 0.6) is 0 Å². The number of fused-ring (bicyclic) bond motifs is 4. The summed E-state index contributed by atoms with van der Waals surface area (Å²) in [6.07, 6.45) is 0. The van der Waals surface area contributed by atoms with E-state index in [1.165, 1.54) is 36.4 Å². The topological polar surface area (TPSA) is 81.7 Å². The summed E-state index contributed by atoms with van der Waals surface area (Å²) in [6, 6.07) is 8.85. The van der Waals surface area contributed by atoms with Gasteiger partial charge in [-0.05, 0) is 0 Å². The summed E-state index contributed by atoms with van der Waals surface area (Å²) < 4.78 is 0. The lowest BCUT2D eigenvalue weighted by molar-refractivity contribution is 0.0795. The highest BCUT2D eigenvalue weighted by Crippen LogP contribution is 2.30. The van der Waals surface area contributed by atoms with Crippen LogP contribution in [0.3, 0.4) is 0 Å². The van der Waals surface area contributed by atoms with Gasteiger partial charge in [-0.3, -0.25) is 9.59 Å².